The van der Waals surface area contributed by atoms with E-state index in [4.69, 9.17) is 14.2 Å². The lowest BCUT2D eigenvalue weighted by Crippen LogP contribution is -2.24. The van der Waals surface area contributed by atoms with Crippen LogP contribution in [0.5, 0.6) is 5.75 Å². The van der Waals surface area contributed by atoms with Crippen molar-refractivity contribution >= 4 is 21.9 Å². The Hall–Kier alpha value is -1.11. The van der Waals surface area contributed by atoms with Crippen LogP contribution in [0.3, 0.4) is 0 Å². The van der Waals surface area contributed by atoms with E-state index in [-0.39, 0.29) is 5.97 Å². The van der Waals surface area contributed by atoms with Crippen molar-refractivity contribution in [1.82, 2.24) is 5.32 Å². The summed E-state index contributed by atoms with van der Waals surface area (Å²) in [5.41, 5.74) is 0.996. The third-order valence-corrected chi connectivity index (χ3v) is 3.62. The van der Waals surface area contributed by atoms with Gasteiger partial charge in [0.1, 0.15) is 5.75 Å². The van der Waals surface area contributed by atoms with Crippen LogP contribution in [0.2, 0.25) is 0 Å². The Bertz CT molecular complexity index is 466. The first-order valence-corrected chi connectivity index (χ1v) is 7.32. The van der Waals surface area contributed by atoms with Crippen LogP contribution in [0.25, 0.3) is 0 Å². The van der Waals surface area contributed by atoms with E-state index in [1.54, 1.807) is 7.11 Å². The number of hydrogen-bond donors (Lipinski definition) is 1. The fourth-order valence-corrected chi connectivity index (χ4v) is 2.45. The van der Waals surface area contributed by atoms with E-state index >= 15 is 0 Å². The number of carbonyl (C=O) groups is 1. The highest BCUT2D eigenvalue weighted by Gasteiger charge is 2.29. The molecule has 1 aromatic carbocycles. The van der Waals surface area contributed by atoms with Crippen LogP contribution in [0.1, 0.15) is 12.0 Å². The van der Waals surface area contributed by atoms with Gasteiger partial charge >= 0.3 is 5.97 Å². The summed E-state index contributed by atoms with van der Waals surface area (Å²) < 4.78 is 16.6. The summed E-state index contributed by atoms with van der Waals surface area (Å²) in [6.07, 6.45) is 0.0860. The summed E-state index contributed by atoms with van der Waals surface area (Å²) in [7, 11) is 1.67. The Morgan fingerprint density at radius 2 is 2.35 bits per heavy atom. The second kappa shape index (κ2) is 7.61. The summed E-state index contributed by atoms with van der Waals surface area (Å²) in [6, 6.07) is 5.81. The molecule has 0 spiro atoms. The van der Waals surface area contributed by atoms with Crippen LogP contribution in [-0.2, 0) is 20.8 Å². The number of rotatable bonds is 7. The molecule has 1 fully saturated rings. The van der Waals surface area contributed by atoms with Gasteiger partial charge in [0.05, 0.1) is 17.7 Å². The van der Waals surface area contributed by atoms with E-state index in [9.17, 15) is 4.79 Å². The highest BCUT2D eigenvalue weighted by atomic mass is 79.9. The Labute approximate surface area is 126 Å². The quantitative estimate of drug-likeness (QED) is 0.605. The number of para-hydroxylation sites is 1. The lowest BCUT2D eigenvalue weighted by atomic mass is 10.2. The molecule has 0 aromatic heterocycles. The predicted octanol–water partition coefficient (Wildman–Crippen LogP) is 1.88. The number of nitrogens with one attached hydrogen (secondary N) is 1. The molecule has 1 unspecified atom stereocenters. The third kappa shape index (κ3) is 3.94. The maximum absolute atomic E-state index is 11.5. The molecule has 0 amide bonds. The van der Waals surface area contributed by atoms with Crippen molar-refractivity contribution in [2.24, 2.45) is 0 Å². The zero-order valence-corrected chi connectivity index (χ0v) is 12.9. The topological polar surface area (TPSA) is 56.8 Å². The second-order valence-electron chi connectivity index (χ2n) is 4.46. The molecule has 1 aliphatic heterocycles. The Kier molecular flexibility index (Phi) is 5.82. The van der Waals surface area contributed by atoms with E-state index in [1.165, 1.54) is 0 Å². The molecule has 1 atom stereocenters. The number of ether oxygens (including phenoxy) is 3. The van der Waals surface area contributed by atoms with Gasteiger partial charge in [-0.1, -0.05) is 12.1 Å². The molecule has 20 heavy (non-hydrogen) atoms. The number of halogens is 1. The summed E-state index contributed by atoms with van der Waals surface area (Å²) in [5.74, 6) is 0.403. The Morgan fingerprint density at radius 3 is 3.05 bits per heavy atom. The highest BCUT2D eigenvalue weighted by Crippen LogP contribution is 2.31. The second-order valence-corrected chi connectivity index (χ2v) is 5.31. The number of carbonyl (C=O) groups excluding carboxylic acids is 1. The van der Waals surface area contributed by atoms with Gasteiger partial charge in [0.2, 0.25) is 0 Å². The smallest absolute Gasteiger partial charge is 0.347 e. The number of methoxy groups -OCH3 is 1. The minimum atomic E-state index is -0.508. The molecule has 110 valence electrons. The zero-order valence-electron chi connectivity index (χ0n) is 11.4. The van der Waals surface area contributed by atoms with Gasteiger partial charge < -0.3 is 19.5 Å². The fraction of sp³-hybridized carbons (Fsp3) is 0.500. The minimum absolute atomic E-state index is 0.293. The van der Waals surface area contributed by atoms with Crippen molar-refractivity contribution in [1.29, 1.82) is 0 Å². The SMILES string of the molecule is COCCNCc1cccc(Br)c1OC1CCOC1=O. The maximum atomic E-state index is 11.5. The van der Waals surface area contributed by atoms with E-state index < -0.39 is 6.10 Å². The van der Waals surface area contributed by atoms with E-state index in [2.05, 4.69) is 21.2 Å². The minimum Gasteiger partial charge on any atom is -0.477 e. The first kappa shape index (κ1) is 15.3. The van der Waals surface area contributed by atoms with Gasteiger partial charge in [-0.15, -0.1) is 0 Å². The molecule has 0 saturated carbocycles. The van der Waals surface area contributed by atoms with E-state index in [0.717, 1.165) is 16.6 Å². The molecular weight excluding hydrogens is 326 g/mol. The van der Waals surface area contributed by atoms with E-state index in [0.29, 0.717) is 31.9 Å². The lowest BCUT2D eigenvalue weighted by Gasteiger charge is -2.16. The molecule has 0 bridgehead atoms. The molecule has 0 radical (unpaired) electrons. The third-order valence-electron chi connectivity index (χ3n) is 2.99. The average Bonchev–Trinajstić information content (AvgIpc) is 2.84. The maximum Gasteiger partial charge on any atom is 0.347 e. The fourth-order valence-electron chi connectivity index (χ4n) is 1.95. The molecule has 6 heteroatoms. The van der Waals surface area contributed by atoms with Gasteiger partial charge in [0, 0.05) is 32.2 Å². The summed E-state index contributed by atoms with van der Waals surface area (Å²) in [4.78, 5) is 11.5. The van der Waals surface area contributed by atoms with Crippen molar-refractivity contribution in [3.63, 3.8) is 0 Å². The van der Waals surface area contributed by atoms with Crippen molar-refractivity contribution < 1.29 is 19.0 Å². The molecule has 1 saturated heterocycles. The van der Waals surface area contributed by atoms with Crippen LogP contribution < -0.4 is 10.1 Å². The molecule has 1 aliphatic rings. The van der Waals surface area contributed by atoms with Crippen LogP contribution in [-0.4, -0.2) is 38.9 Å². The van der Waals surface area contributed by atoms with Crippen LogP contribution >= 0.6 is 15.9 Å². The van der Waals surface area contributed by atoms with E-state index in [1.807, 2.05) is 18.2 Å². The number of cyclic esters (lactones) is 1. The molecule has 1 N–H and O–H groups in total. The van der Waals surface area contributed by atoms with Crippen molar-refractivity contribution in [3.05, 3.63) is 28.2 Å². The Balaban J connectivity index is 2.03. The van der Waals surface area contributed by atoms with Crippen molar-refractivity contribution in [2.75, 3.05) is 26.9 Å². The summed E-state index contributed by atoms with van der Waals surface area (Å²) >= 11 is 3.47. The zero-order chi connectivity index (χ0) is 14.4. The van der Waals surface area contributed by atoms with Gasteiger partial charge in [-0.25, -0.2) is 4.79 Å². The van der Waals surface area contributed by atoms with Crippen molar-refractivity contribution in [2.45, 2.75) is 19.1 Å². The van der Waals surface area contributed by atoms with Crippen LogP contribution in [0.4, 0.5) is 0 Å². The van der Waals surface area contributed by atoms with Crippen LogP contribution in [0, 0.1) is 0 Å². The van der Waals surface area contributed by atoms with Gasteiger partial charge in [-0.3, -0.25) is 0 Å². The highest BCUT2D eigenvalue weighted by molar-refractivity contribution is 9.10. The molecule has 1 aromatic rings. The van der Waals surface area contributed by atoms with Crippen LogP contribution in [0.15, 0.2) is 22.7 Å². The number of benzene rings is 1. The number of esters is 1. The first-order chi connectivity index (χ1) is 9.72. The standard InChI is InChI=1S/C14H18BrNO4/c1-18-8-6-16-9-10-3-2-4-11(15)13(10)20-12-5-7-19-14(12)17/h2-4,12,16H,5-9H2,1H3. The lowest BCUT2D eigenvalue weighted by molar-refractivity contribution is -0.143. The molecule has 1 heterocycles. The van der Waals surface area contributed by atoms with Gasteiger partial charge in [-0.2, -0.15) is 0 Å². The molecule has 2 rings (SSSR count). The molecule has 0 aliphatic carbocycles. The Morgan fingerprint density at radius 1 is 1.50 bits per heavy atom. The average molecular weight is 344 g/mol. The number of hydrogen-bond acceptors (Lipinski definition) is 5. The molecule has 5 nitrogen and oxygen atoms in total. The molecular formula is C14H18BrNO4. The summed E-state index contributed by atoms with van der Waals surface area (Å²) in [6.45, 7) is 2.49. The largest absolute Gasteiger partial charge is 0.477 e. The van der Waals surface area contributed by atoms with Crippen molar-refractivity contribution in [3.8, 4) is 5.75 Å². The predicted molar refractivity (Wildman–Crippen MR) is 77.7 cm³/mol. The van der Waals surface area contributed by atoms with Gasteiger partial charge in [0.25, 0.3) is 0 Å². The first-order valence-electron chi connectivity index (χ1n) is 6.52. The normalized spacial score (nSPS) is 18.1. The summed E-state index contributed by atoms with van der Waals surface area (Å²) in [5, 5.41) is 3.26. The van der Waals surface area contributed by atoms with Gasteiger partial charge in [0.15, 0.2) is 6.10 Å². The monoisotopic (exact) mass is 343 g/mol. The van der Waals surface area contributed by atoms with Gasteiger partial charge in [-0.05, 0) is 22.0 Å².